The van der Waals surface area contributed by atoms with E-state index >= 15 is 0 Å². The summed E-state index contributed by atoms with van der Waals surface area (Å²) in [5, 5.41) is 6.92. The van der Waals surface area contributed by atoms with Gasteiger partial charge in [0.25, 0.3) is 0 Å². The van der Waals surface area contributed by atoms with Crippen LogP contribution in [-0.4, -0.2) is 60.1 Å². The number of halogens is 1. The summed E-state index contributed by atoms with van der Waals surface area (Å²) in [5.74, 6) is 3.67. The highest BCUT2D eigenvalue weighted by molar-refractivity contribution is 14.0. The molecule has 0 saturated carbocycles. The Kier molecular flexibility index (Phi) is 10.7. The standard InChI is InChI=1S/C24H34N4O4.HI/c1-6-25-24(26-15-17-13-22(31-4)23(32-5)14-21(17)30-3)27-18-11-12-28(16-18)19-9-7-8-10-20(19)29-2;/h7-10,13-14,18H,6,11-12,15-16H2,1-5H3,(H2,25,26,27);1H. The highest BCUT2D eigenvalue weighted by Gasteiger charge is 2.25. The molecular weight excluding hydrogens is 535 g/mol. The molecule has 0 aliphatic carbocycles. The number of para-hydroxylation sites is 2. The van der Waals surface area contributed by atoms with Gasteiger partial charge in [-0.05, 0) is 31.5 Å². The van der Waals surface area contributed by atoms with E-state index in [1.54, 1.807) is 28.4 Å². The number of ether oxygens (including phenoxy) is 4. The zero-order chi connectivity index (χ0) is 22.9. The Morgan fingerprint density at radius 2 is 1.64 bits per heavy atom. The van der Waals surface area contributed by atoms with Crippen LogP contribution in [-0.2, 0) is 6.54 Å². The maximum absolute atomic E-state index is 5.53. The molecule has 1 heterocycles. The average Bonchev–Trinajstić information content (AvgIpc) is 3.30. The molecule has 0 bridgehead atoms. The van der Waals surface area contributed by atoms with Crippen molar-refractivity contribution < 1.29 is 18.9 Å². The van der Waals surface area contributed by atoms with Gasteiger partial charge < -0.3 is 34.5 Å². The Morgan fingerprint density at radius 1 is 0.970 bits per heavy atom. The predicted molar refractivity (Wildman–Crippen MR) is 143 cm³/mol. The van der Waals surface area contributed by atoms with Gasteiger partial charge in [-0.2, -0.15) is 0 Å². The SMILES string of the molecule is CCNC(=NCc1cc(OC)c(OC)cc1OC)NC1CCN(c2ccccc2OC)C1.I. The minimum Gasteiger partial charge on any atom is -0.496 e. The van der Waals surface area contributed by atoms with Gasteiger partial charge in [0.15, 0.2) is 17.5 Å². The predicted octanol–water partition coefficient (Wildman–Crippen LogP) is 3.67. The van der Waals surface area contributed by atoms with Gasteiger partial charge in [-0.25, -0.2) is 4.99 Å². The zero-order valence-electron chi connectivity index (χ0n) is 20.0. The first-order valence-corrected chi connectivity index (χ1v) is 10.8. The van der Waals surface area contributed by atoms with Crippen LogP contribution in [0.3, 0.4) is 0 Å². The Balaban J connectivity index is 0.00000385. The molecule has 2 aromatic rings. The van der Waals surface area contributed by atoms with Gasteiger partial charge in [0.1, 0.15) is 11.5 Å². The highest BCUT2D eigenvalue weighted by Crippen LogP contribution is 2.35. The summed E-state index contributed by atoms with van der Waals surface area (Å²) in [6.07, 6.45) is 1.02. The van der Waals surface area contributed by atoms with E-state index in [0.717, 1.165) is 49.0 Å². The summed E-state index contributed by atoms with van der Waals surface area (Å²) >= 11 is 0. The second-order valence-electron chi connectivity index (χ2n) is 7.46. The van der Waals surface area contributed by atoms with E-state index in [9.17, 15) is 0 Å². The lowest BCUT2D eigenvalue weighted by Gasteiger charge is -2.22. The number of anilines is 1. The summed E-state index contributed by atoms with van der Waals surface area (Å²) in [6.45, 7) is 5.12. The molecule has 0 radical (unpaired) electrons. The largest absolute Gasteiger partial charge is 0.496 e. The summed E-state index contributed by atoms with van der Waals surface area (Å²) in [4.78, 5) is 7.14. The van der Waals surface area contributed by atoms with E-state index in [1.807, 2.05) is 30.3 Å². The summed E-state index contributed by atoms with van der Waals surface area (Å²) in [7, 11) is 6.58. The molecule has 1 fully saturated rings. The van der Waals surface area contributed by atoms with E-state index in [2.05, 4.69) is 28.5 Å². The van der Waals surface area contributed by atoms with E-state index in [-0.39, 0.29) is 30.0 Å². The van der Waals surface area contributed by atoms with Crippen molar-refractivity contribution in [1.82, 2.24) is 10.6 Å². The maximum Gasteiger partial charge on any atom is 0.191 e. The normalized spacial score (nSPS) is 15.5. The third-order valence-corrected chi connectivity index (χ3v) is 5.49. The number of benzene rings is 2. The van der Waals surface area contributed by atoms with Crippen molar-refractivity contribution in [3.63, 3.8) is 0 Å². The smallest absolute Gasteiger partial charge is 0.191 e. The molecule has 2 aromatic carbocycles. The molecule has 9 heteroatoms. The Morgan fingerprint density at radius 3 is 2.30 bits per heavy atom. The number of nitrogens with zero attached hydrogens (tertiary/aromatic N) is 2. The molecule has 3 rings (SSSR count). The van der Waals surface area contributed by atoms with Gasteiger partial charge in [0, 0.05) is 37.3 Å². The van der Waals surface area contributed by atoms with Crippen LogP contribution in [0.2, 0.25) is 0 Å². The van der Waals surface area contributed by atoms with Crippen LogP contribution in [0.15, 0.2) is 41.4 Å². The number of hydrogen-bond donors (Lipinski definition) is 2. The quantitative estimate of drug-likeness (QED) is 0.271. The van der Waals surface area contributed by atoms with Crippen LogP contribution in [0, 0.1) is 0 Å². The van der Waals surface area contributed by atoms with Gasteiger partial charge in [-0.3, -0.25) is 0 Å². The Bertz CT molecular complexity index is 925. The van der Waals surface area contributed by atoms with Crippen LogP contribution < -0.4 is 34.5 Å². The van der Waals surface area contributed by atoms with Gasteiger partial charge >= 0.3 is 0 Å². The third kappa shape index (κ3) is 6.72. The molecule has 182 valence electrons. The zero-order valence-corrected chi connectivity index (χ0v) is 22.3. The lowest BCUT2D eigenvalue weighted by Crippen LogP contribution is -2.44. The van der Waals surface area contributed by atoms with Crippen LogP contribution in [0.4, 0.5) is 5.69 Å². The van der Waals surface area contributed by atoms with Crippen molar-refractivity contribution in [3.8, 4) is 23.0 Å². The minimum atomic E-state index is 0. The Hall–Kier alpha value is -2.56. The van der Waals surface area contributed by atoms with Crippen molar-refractivity contribution >= 4 is 35.6 Å². The van der Waals surface area contributed by atoms with E-state index in [1.165, 1.54) is 0 Å². The molecule has 1 aliphatic rings. The molecule has 1 aliphatic heterocycles. The van der Waals surface area contributed by atoms with Crippen molar-refractivity contribution in [2.45, 2.75) is 25.9 Å². The minimum absolute atomic E-state index is 0. The average molecular weight is 570 g/mol. The van der Waals surface area contributed by atoms with Crippen molar-refractivity contribution in [2.75, 3.05) is 53.0 Å². The Labute approximate surface area is 213 Å². The fourth-order valence-electron chi connectivity index (χ4n) is 3.88. The molecule has 33 heavy (non-hydrogen) atoms. The van der Waals surface area contributed by atoms with Crippen LogP contribution in [0.5, 0.6) is 23.0 Å². The van der Waals surface area contributed by atoms with Crippen molar-refractivity contribution in [3.05, 3.63) is 42.0 Å². The van der Waals surface area contributed by atoms with Gasteiger partial charge in [0.05, 0.1) is 40.7 Å². The van der Waals surface area contributed by atoms with E-state index < -0.39 is 0 Å². The van der Waals surface area contributed by atoms with Gasteiger partial charge in [0.2, 0.25) is 0 Å². The molecule has 0 aromatic heterocycles. The van der Waals surface area contributed by atoms with E-state index in [4.69, 9.17) is 23.9 Å². The summed E-state index contributed by atoms with van der Waals surface area (Å²) in [6, 6.07) is 12.1. The van der Waals surface area contributed by atoms with Gasteiger partial charge in [-0.15, -0.1) is 24.0 Å². The maximum atomic E-state index is 5.53. The molecule has 2 N–H and O–H groups in total. The molecule has 1 saturated heterocycles. The fourth-order valence-corrected chi connectivity index (χ4v) is 3.88. The second-order valence-corrected chi connectivity index (χ2v) is 7.46. The third-order valence-electron chi connectivity index (χ3n) is 5.49. The molecule has 1 atom stereocenters. The van der Waals surface area contributed by atoms with Crippen LogP contribution in [0.25, 0.3) is 0 Å². The fraction of sp³-hybridized carbons (Fsp3) is 0.458. The number of guanidine groups is 1. The monoisotopic (exact) mass is 570 g/mol. The number of rotatable bonds is 9. The summed E-state index contributed by atoms with van der Waals surface area (Å²) < 4.78 is 21.9. The topological polar surface area (TPSA) is 76.6 Å². The molecule has 1 unspecified atom stereocenters. The number of aliphatic imine (C=N–C) groups is 1. The first-order chi connectivity index (χ1) is 15.6. The van der Waals surface area contributed by atoms with E-state index in [0.29, 0.717) is 23.8 Å². The molecule has 0 amide bonds. The lowest BCUT2D eigenvalue weighted by molar-refractivity contribution is 0.347. The first kappa shape index (κ1) is 26.7. The number of methoxy groups -OCH3 is 4. The second kappa shape index (κ2) is 13.2. The van der Waals surface area contributed by atoms with Gasteiger partial charge in [-0.1, -0.05) is 12.1 Å². The summed E-state index contributed by atoms with van der Waals surface area (Å²) in [5.41, 5.74) is 2.04. The van der Waals surface area contributed by atoms with Crippen molar-refractivity contribution in [2.24, 2.45) is 4.99 Å². The first-order valence-electron chi connectivity index (χ1n) is 10.8. The number of nitrogens with one attached hydrogen (secondary N) is 2. The van der Waals surface area contributed by atoms with Crippen molar-refractivity contribution in [1.29, 1.82) is 0 Å². The molecule has 0 spiro atoms. The molecule has 8 nitrogen and oxygen atoms in total. The lowest BCUT2D eigenvalue weighted by atomic mass is 10.1. The van der Waals surface area contributed by atoms with Crippen LogP contribution in [0.1, 0.15) is 18.9 Å². The highest BCUT2D eigenvalue weighted by atomic mass is 127. The molecular formula is C24H35IN4O4. The van der Waals surface area contributed by atoms with Crippen LogP contribution >= 0.6 is 24.0 Å². The number of hydrogen-bond acceptors (Lipinski definition) is 6.